The van der Waals surface area contributed by atoms with E-state index in [0.717, 1.165) is 42.4 Å². The zero-order valence-electron chi connectivity index (χ0n) is 22.5. The third kappa shape index (κ3) is 12.9. The molecule has 0 aromatic heterocycles. The van der Waals surface area contributed by atoms with Gasteiger partial charge in [0.05, 0.1) is 12.5 Å². The molecule has 1 aliphatic heterocycles. The predicted octanol–water partition coefficient (Wildman–Crippen LogP) is 9.57. The molecule has 4 nitrogen and oxygen atoms in total. The van der Waals surface area contributed by atoms with Crippen LogP contribution in [0.5, 0.6) is 5.75 Å². The van der Waals surface area contributed by atoms with Crippen LogP contribution in [0.25, 0.3) is 0 Å². The van der Waals surface area contributed by atoms with Crippen molar-refractivity contribution >= 4 is 40.3 Å². The number of nitrogens with zero attached hydrogens (tertiary/aromatic N) is 1. The van der Waals surface area contributed by atoms with Crippen LogP contribution >= 0.6 is 28.7 Å². The van der Waals surface area contributed by atoms with Gasteiger partial charge in [0.2, 0.25) is 0 Å². The average molecular weight is 590 g/mol. The maximum Gasteiger partial charge on any atom is 0.255 e. The number of unbranched alkanes of at least 4 members (excludes halogenated alkanes) is 11. The van der Waals surface area contributed by atoms with Crippen molar-refractivity contribution in [3.8, 4) is 5.75 Å². The molecule has 1 N–H and O–H groups in total. The van der Waals surface area contributed by atoms with Gasteiger partial charge >= 0.3 is 0 Å². The molecule has 2 aromatic carbocycles. The summed E-state index contributed by atoms with van der Waals surface area (Å²) in [6, 6.07) is 15.5. The molecule has 0 fully saturated rings. The molecular weight excluding hydrogens is 544 g/mol. The molecule has 0 aliphatic carbocycles. The molecule has 6 heteroatoms. The highest BCUT2D eigenvalue weighted by Crippen LogP contribution is 2.20. The van der Waals surface area contributed by atoms with Crippen molar-refractivity contribution in [3.63, 3.8) is 0 Å². The van der Waals surface area contributed by atoms with E-state index in [2.05, 4.69) is 34.8 Å². The van der Waals surface area contributed by atoms with E-state index in [4.69, 9.17) is 4.74 Å². The van der Waals surface area contributed by atoms with E-state index in [0.29, 0.717) is 5.56 Å². The van der Waals surface area contributed by atoms with E-state index in [1.165, 1.54) is 70.6 Å². The number of anilines is 1. The second-order valence-electron chi connectivity index (χ2n) is 9.74. The van der Waals surface area contributed by atoms with Crippen LogP contribution in [0.15, 0.2) is 60.1 Å². The molecule has 0 radical (unpaired) electrons. The summed E-state index contributed by atoms with van der Waals surface area (Å²) < 4.78 is 5.90. The largest absolute Gasteiger partial charge is 0.494 e. The first-order valence-corrected chi connectivity index (χ1v) is 14.9. The summed E-state index contributed by atoms with van der Waals surface area (Å²) in [7, 11) is 0. The van der Waals surface area contributed by atoms with Crippen LogP contribution in [0.1, 0.15) is 99.9 Å². The topological polar surface area (TPSA) is 41.6 Å². The van der Waals surface area contributed by atoms with Crippen molar-refractivity contribution < 1.29 is 9.53 Å². The summed E-state index contributed by atoms with van der Waals surface area (Å²) in [4.78, 5) is 15.0. The Hall–Kier alpha value is -1.92. The minimum Gasteiger partial charge on any atom is -0.494 e. The third-order valence-corrected chi connectivity index (χ3v) is 7.36. The normalized spacial score (nSPS) is 12.4. The van der Waals surface area contributed by atoms with E-state index < -0.39 is 0 Å². The van der Waals surface area contributed by atoms with E-state index >= 15 is 0 Å². The Balaban J connectivity index is 0.00000481. The molecule has 0 bridgehead atoms. The van der Waals surface area contributed by atoms with Crippen LogP contribution in [0.2, 0.25) is 0 Å². The maximum atomic E-state index is 12.7. The zero-order chi connectivity index (χ0) is 25.3. The first kappa shape index (κ1) is 31.3. The second-order valence-corrected chi connectivity index (χ2v) is 10.6. The Morgan fingerprint density at radius 2 is 1.54 bits per heavy atom. The highest BCUT2D eigenvalue weighted by atomic mass is 79.9. The molecule has 3 rings (SSSR count). The van der Waals surface area contributed by atoms with Gasteiger partial charge in [0.25, 0.3) is 5.91 Å². The monoisotopic (exact) mass is 588 g/mol. The van der Waals surface area contributed by atoms with Crippen LogP contribution in [-0.4, -0.2) is 23.3 Å². The molecule has 0 atom stereocenters. The summed E-state index contributed by atoms with van der Waals surface area (Å²) >= 11 is 1.78. The van der Waals surface area contributed by atoms with Crippen LogP contribution in [-0.2, 0) is 6.54 Å². The summed E-state index contributed by atoms with van der Waals surface area (Å²) in [5.74, 6) is 1.73. The SMILES string of the molecule is Br.CCCCCCCCCCCCCCOc1ccc(NC(=O)c2cccc(CN3C=CSC3)c2)cc1. The highest BCUT2D eigenvalue weighted by molar-refractivity contribution is 8.93. The van der Waals surface area contributed by atoms with E-state index in [-0.39, 0.29) is 22.9 Å². The van der Waals surface area contributed by atoms with Gasteiger partial charge in [-0.1, -0.05) is 89.7 Å². The summed E-state index contributed by atoms with van der Waals surface area (Å²) in [6.45, 7) is 3.84. The quantitative estimate of drug-likeness (QED) is 0.176. The fourth-order valence-electron chi connectivity index (χ4n) is 4.43. The smallest absolute Gasteiger partial charge is 0.255 e. The Bertz CT molecular complexity index is 920. The van der Waals surface area contributed by atoms with Crippen molar-refractivity contribution in [2.24, 2.45) is 0 Å². The van der Waals surface area contributed by atoms with Gasteiger partial charge in [-0.15, -0.1) is 28.7 Å². The Morgan fingerprint density at radius 3 is 2.16 bits per heavy atom. The molecule has 2 aromatic rings. The molecule has 0 unspecified atom stereocenters. The van der Waals surface area contributed by atoms with E-state index in [1.54, 1.807) is 11.8 Å². The Morgan fingerprint density at radius 1 is 0.892 bits per heavy atom. The zero-order valence-corrected chi connectivity index (χ0v) is 25.0. The lowest BCUT2D eigenvalue weighted by Gasteiger charge is -2.15. The number of hydrogen-bond acceptors (Lipinski definition) is 4. The van der Waals surface area contributed by atoms with Crippen LogP contribution in [0, 0.1) is 0 Å². The van der Waals surface area contributed by atoms with Gasteiger partial charge in [0, 0.05) is 24.0 Å². The molecule has 1 amide bonds. The Kier molecular flexibility index (Phi) is 16.2. The number of rotatable bonds is 18. The number of hydrogen-bond donors (Lipinski definition) is 1. The minimum atomic E-state index is -0.0895. The van der Waals surface area contributed by atoms with Gasteiger partial charge in [-0.05, 0) is 53.8 Å². The number of nitrogens with one attached hydrogen (secondary N) is 1. The lowest BCUT2D eigenvalue weighted by atomic mass is 10.1. The first-order chi connectivity index (χ1) is 17.7. The van der Waals surface area contributed by atoms with Crippen LogP contribution in [0.4, 0.5) is 5.69 Å². The molecule has 1 aliphatic rings. The van der Waals surface area contributed by atoms with Gasteiger partial charge < -0.3 is 15.0 Å². The standard InChI is InChI=1S/C31H44N2O2S.BrH/c1-2-3-4-5-6-7-8-9-10-11-12-13-22-35-30-19-17-29(18-20-30)32-31(34)28-16-14-15-27(24-28)25-33-21-23-36-26-33;/h14-21,23-24H,2-13,22,25-26H2,1H3,(H,32,34);1H. The molecule has 0 spiro atoms. The van der Waals surface area contributed by atoms with Crippen molar-refractivity contribution in [1.29, 1.82) is 0 Å². The first-order valence-electron chi connectivity index (χ1n) is 13.9. The van der Waals surface area contributed by atoms with Gasteiger partial charge in [0.15, 0.2) is 0 Å². The third-order valence-electron chi connectivity index (χ3n) is 6.56. The van der Waals surface area contributed by atoms with Crippen molar-refractivity contribution in [3.05, 3.63) is 71.3 Å². The molecule has 0 saturated heterocycles. The molecule has 204 valence electrons. The van der Waals surface area contributed by atoms with Crippen molar-refractivity contribution in [2.75, 3.05) is 17.8 Å². The lowest BCUT2D eigenvalue weighted by molar-refractivity contribution is 0.102. The molecule has 0 saturated carbocycles. The van der Waals surface area contributed by atoms with Gasteiger partial charge in [-0.2, -0.15) is 0 Å². The average Bonchev–Trinajstić information content (AvgIpc) is 3.41. The number of ether oxygens (including phenoxy) is 1. The summed E-state index contributed by atoms with van der Waals surface area (Å²) in [6.07, 6.45) is 18.2. The predicted molar refractivity (Wildman–Crippen MR) is 165 cm³/mol. The fraction of sp³-hybridized carbons (Fsp3) is 0.516. The Labute approximate surface area is 239 Å². The van der Waals surface area contributed by atoms with Crippen LogP contribution < -0.4 is 10.1 Å². The van der Waals surface area contributed by atoms with Crippen molar-refractivity contribution in [2.45, 2.75) is 90.5 Å². The minimum absolute atomic E-state index is 0. The van der Waals surface area contributed by atoms with Gasteiger partial charge in [-0.25, -0.2) is 0 Å². The van der Waals surface area contributed by atoms with Crippen molar-refractivity contribution in [1.82, 2.24) is 4.90 Å². The number of thioether (sulfide) groups is 1. The number of carbonyl (C=O) groups excluding carboxylic acids is 1. The lowest BCUT2D eigenvalue weighted by Crippen LogP contribution is -2.15. The maximum absolute atomic E-state index is 12.7. The molecule has 37 heavy (non-hydrogen) atoms. The van der Waals surface area contributed by atoms with Crippen LogP contribution in [0.3, 0.4) is 0 Å². The highest BCUT2D eigenvalue weighted by Gasteiger charge is 2.10. The fourth-order valence-corrected chi connectivity index (χ4v) is 5.14. The van der Waals surface area contributed by atoms with E-state index in [1.807, 2.05) is 42.5 Å². The van der Waals surface area contributed by atoms with Gasteiger partial charge in [-0.3, -0.25) is 4.79 Å². The summed E-state index contributed by atoms with van der Waals surface area (Å²) in [5, 5.41) is 5.10. The van der Waals surface area contributed by atoms with E-state index in [9.17, 15) is 4.79 Å². The summed E-state index contributed by atoms with van der Waals surface area (Å²) in [5.41, 5.74) is 2.59. The molecule has 1 heterocycles. The number of carbonyl (C=O) groups is 1. The number of benzene rings is 2. The second kappa shape index (κ2) is 19.2. The molecular formula is C31H45BrN2O2S. The van der Waals surface area contributed by atoms with Gasteiger partial charge in [0.1, 0.15) is 5.75 Å². The number of halogens is 1. The number of amides is 1.